The van der Waals surface area contributed by atoms with Gasteiger partial charge in [0.15, 0.2) is 11.5 Å². The number of nitrogens with zero attached hydrogens (tertiary/aromatic N) is 4. The first-order chi connectivity index (χ1) is 13.0. The Balaban J connectivity index is 1.78. The fourth-order valence-electron chi connectivity index (χ4n) is 2.54. The van der Waals surface area contributed by atoms with Gasteiger partial charge in [0.2, 0.25) is 5.91 Å². The minimum Gasteiger partial charge on any atom is -0.480 e. The van der Waals surface area contributed by atoms with E-state index in [9.17, 15) is 9.59 Å². The van der Waals surface area contributed by atoms with E-state index >= 15 is 0 Å². The predicted octanol–water partition coefficient (Wildman–Crippen LogP) is 2.03. The molecular weight excluding hydrogens is 348 g/mol. The van der Waals surface area contributed by atoms with Crippen molar-refractivity contribution >= 4 is 23.4 Å². The molecule has 0 radical (unpaired) electrons. The molecule has 1 amide bonds. The average Bonchev–Trinajstić information content (AvgIpc) is 2.60. The number of anilines is 2. The second-order valence-electron chi connectivity index (χ2n) is 6.34. The van der Waals surface area contributed by atoms with Gasteiger partial charge in [-0.3, -0.25) is 14.6 Å². The van der Waals surface area contributed by atoms with Crippen LogP contribution in [0, 0.1) is 17.2 Å². The number of carbonyl (C=O) groups excluding carboxylic acids is 1. The van der Waals surface area contributed by atoms with Gasteiger partial charge in [-0.1, -0.05) is 6.42 Å². The second-order valence-corrected chi connectivity index (χ2v) is 6.34. The number of carboxylic acids is 1. The van der Waals surface area contributed by atoms with Gasteiger partial charge >= 0.3 is 5.97 Å². The lowest BCUT2D eigenvalue weighted by molar-refractivity contribution is -0.137. The third kappa shape index (κ3) is 4.17. The van der Waals surface area contributed by atoms with Crippen LogP contribution in [0.5, 0.6) is 0 Å². The van der Waals surface area contributed by atoms with Crippen LogP contribution < -0.4 is 10.6 Å². The summed E-state index contributed by atoms with van der Waals surface area (Å²) in [6.07, 6.45) is 7.29. The van der Waals surface area contributed by atoms with Gasteiger partial charge in [0, 0.05) is 17.7 Å². The molecule has 1 fully saturated rings. The van der Waals surface area contributed by atoms with Crippen LogP contribution in [0.25, 0.3) is 11.3 Å². The molecule has 3 rings (SSSR count). The van der Waals surface area contributed by atoms with E-state index in [4.69, 9.17) is 10.4 Å². The highest BCUT2D eigenvalue weighted by atomic mass is 16.4. The molecule has 1 aliphatic rings. The molecule has 9 nitrogen and oxygen atoms in total. The van der Waals surface area contributed by atoms with Crippen molar-refractivity contribution in [3.8, 4) is 17.3 Å². The van der Waals surface area contributed by atoms with Crippen LogP contribution in [-0.4, -0.2) is 38.0 Å². The normalized spacial score (nSPS) is 14.5. The molecule has 0 aromatic carbocycles. The number of hydrogen-bond donors (Lipinski definition) is 3. The molecule has 27 heavy (non-hydrogen) atoms. The number of carbonyl (C=O) groups is 2. The molecule has 1 unspecified atom stereocenters. The molecule has 2 aromatic rings. The minimum atomic E-state index is -1.05. The number of nitrogens with one attached hydrogen (secondary N) is 2. The number of hydrogen-bond acceptors (Lipinski definition) is 7. The Labute approximate surface area is 155 Å². The predicted molar refractivity (Wildman–Crippen MR) is 96.7 cm³/mol. The molecule has 1 saturated carbocycles. The number of amides is 1. The zero-order chi connectivity index (χ0) is 19.4. The quantitative estimate of drug-likeness (QED) is 0.705. The van der Waals surface area contributed by atoms with Gasteiger partial charge < -0.3 is 15.7 Å². The van der Waals surface area contributed by atoms with Gasteiger partial charge in [-0.2, -0.15) is 5.26 Å². The van der Waals surface area contributed by atoms with Crippen LogP contribution in [0.15, 0.2) is 24.7 Å². The van der Waals surface area contributed by atoms with E-state index in [-0.39, 0.29) is 17.5 Å². The molecule has 0 saturated heterocycles. The number of aliphatic carboxylic acids is 1. The van der Waals surface area contributed by atoms with Crippen LogP contribution in [0.1, 0.15) is 31.9 Å². The first-order valence-corrected chi connectivity index (χ1v) is 8.50. The zero-order valence-corrected chi connectivity index (χ0v) is 14.6. The first kappa shape index (κ1) is 18.3. The number of carboxylic acid groups (broad SMARTS) is 1. The van der Waals surface area contributed by atoms with Gasteiger partial charge in [0.1, 0.15) is 12.1 Å². The molecule has 1 aliphatic carbocycles. The first-order valence-electron chi connectivity index (χ1n) is 8.50. The minimum absolute atomic E-state index is 0.0440. The number of aromatic nitrogens is 3. The Bertz CT molecular complexity index is 902. The van der Waals surface area contributed by atoms with Crippen LogP contribution in [0.3, 0.4) is 0 Å². The fraction of sp³-hybridized carbons (Fsp3) is 0.333. The van der Waals surface area contributed by atoms with Crippen molar-refractivity contribution in [2.45, 2.75) is 32.2 Å². The Morgan fingerprint density at radius 2 is 2.04 bits per heavy atom. The molecule has 9 heteroatoms. The van der Waals surface area contributed by atoms with Crippen LogP contribution in [-0.2, 0) is 9.59 Å². The Kier molecular flexibility index (Phi) is 5.26. The second kappa shape index (κ2) is 7.78. The smallest absolute Gasteiger partial charge is 0.325 e. The van der Waals surface area contributed by atoms with E-state index in [2.05, 4.69) is 25.6 Å². The summed E-state index contributed by atoms with van der Waals surface area (Å²) >= 11 is 0. The lowest BCUT2D eigenvalue weighted by atomic mass is 9.85. The van der Waals surface area contributed by atoms with Crippen LogP contribution >= 0.6 is 0 Å². The highest BCUT2D eigenvalue weighted by molar-refractivity contribution is 5.92. The van der Waals surface area contributed by atoms with Crippen molar-refractivity contribution in [1.82, 2.24) is 15.0 Å². The highest BCUT2D eigenvalue weighted by Gasteiger charge is 2.25. The van der Waals surface area contributed by atoms with Crippen LogP contribution in [0.4, 0.5) is 11.5 Å². The van der Waals surface area contributed by atoms with E-state index in [1.807, 2.05) is 6.07 Å². The van der Waals surface area contributed by atoms with Crippen molar-refractivity contribution in [2.75, 3.05) is 10.6 Å². The molecule has 3 N–H and O–H groups in total. The molecule has 0 spiro atoms. The average molecular weight is 366 g/mol. The number of nitriles is 1. The monoisotopic (exact) mass is 366 g/mol. The maximum absolute atomic E-state index is 11.9. The maximum atomic E-state index is 11.9. The fourth-order valence-corrected chi connectivity index (χ4v) is 2.54. The molecule has 2 heterocycles. The van der Waals surface area contributed by atoms with Gasteiger partial charge in [0.05, 0.1) is 23.8 Å². The summed E-state index contributed by atoms with van der Waals surface area (Å²) in [7, 11) is 0. The Morgan fingerprint density at radius 3 is 2.59 bits per heavy atom. The van der Waals surface area contributed by atoms with Crippen LogP contribution in [0.2, 0.25) is 0 Å². The van der Waals surface area contributed by atoms with Crippen molar-refractivity contribution in [3.63, 3.8) is 0 Å². The molecule has 2 aromatic heterocycles. The summed E-state index contributed by atoms with van der Waals surface area (Å²) < 4.78 is 0. The summed E-state index contributed by atoms with van der Waals surface area (Å²) in [5.41, 5.74) is 1.44. The van der Waals surface area contributed by atoms with Crippen molar-refractivity contribution < 1.29 is 14.7 Å². The maximum Gasteiger partial charge on any atom is 0.325 e. The van der Waals surface area contributed by atoms with Crippen molar-refractivity contribution in [2.24, 2.45) is 5.92 Å². The summed E-state index contributed by atoms with van der Waals surface area (Å²) in [5, 5.41) is 23.7. The lowest BCUT2D eigenvalue weighted by Gasteiger charge is -2.23. The largest absolute Gasteiger partial charge is 0.480 e. The highest BCUT2D eigenvalue weighted by Crippen LogP contribution is 2.27. The van der Waals surface area contributed by atoms with Gasteiger partial charge in [0.25, 0.3) is 0 Å². The van der Waals surface area contributed by atoms with Crippen molar-refractivity contribution in [3.05, 3.63) is 30.4 Å². The summed E-state index contributed by atoms with van der Waals surface area (Å²) in [6.45, 7) is 1.47. The topological polar surface area (TPSA) is 141 Å². The van der Waals surface area contributed by atoms with E-state index in [0.29, 0.717) is 22.8 Å². The standard InChI is InChI=1S/C18H18N6O3/c1-10(18(26)27)23-13-5-12(7-20-14(13)6-19)15-8-22-16(9-21-15)24-17(25)11-3-2-4-11/h5,7-11,23H,2-4H2,1H3,(H,26,27)(H,22,24,25). The van der Waals surface area contributed by atoms with Gasteiger partial charge in [-0.25, -0.2) is 9.97 Å². The molecular formula is C18H18N6O3. The van der Waals surface area contributed by atoms with Gasteiger partial charge in [-0.15, -0.1) is 0 Å². The third-order valence-electron chi connectivity index (χ3n) is 4.41. The van der Waals surface area contributed by atoms with Crippen molar-refractivity contribution in [1.29, 1.82) is 5.26 Å². The summed E-state index contributed by atoms with van der Waals surface area (Å²) in [5.74, 6) is -0.665. The van der Waals surface area contributed by atoms with E-state index in [1.54, 1.807) is 6.07 Å². The van der Waals surface area contributed by atoms with E-state index in [0.717, 1.165) is 19.3 Å². The summed E-state index contributed by atoms with van der Waals surface area (Å²) in [6, 6.07) is 2.63. The van der Waals surface area contributed by atoms with Gasteiger partial charge in [-0.05, 0) is 25.8 Å². The Morgan fingerprint density at radius 1 is 1.26 bits per heavy atom. The number of rotatable bonds is 6. The molecule has 1 atom stereocenters. The SMILES string of the molecule is CC(Nc1cc(-c2cnc(NC(=O)C3CCC3)cn2)cnc1C#N)C(=O)O. The third-order valence-corrected chi connectivity index (χ3v) is 4.41. The summed E-state index contributed by atoms with van der Waals surface area (Å²) in [4.78, 5) is 35.5. The lowest BCUT2D eigenvalue weighted by Crippen LogP contribution is -2.28. The van der Waals surface area contributed by atoms with E-state index in [1.165, 1.54) is 25.5 Å². The number of pyridine rings is 1. The molecule has 138 valence electrons. The zero-order valence-electron chi connectivity index (χ0n) is 14.6. The Hall–Kier alpha value is -3.54. The molecule has 0 aliphatic heterocycles. The van der Waals surface area contributed by atoms with E-state index < -0.39 is 12.0 Å². The molecule has 0 bridgehead atoms.